The number of esters is 2. The standard InChI is InChI=1S/C50H42O6/c1-3-53-43(51)21-55-49-45-39-19-41(37-17-33-29-13-27(31(33)15-35(37)39)23-9-5-7-11-25(23)29)47(45)50(56-22-44(52)54-4-2)48-42-20-40(46(48)49)36-16-32-28-14-30(34(32)18-38(36)42)26-12-8-6-10-24(26)28/h5-12,15-18,27-30,39-42H,3-4,13-14,19-22H2,1-2H3. The SMILES string of the molecule is CCOC(=O)COc1c2c(c(OCC(=O)OCC)c3c1C1CC3c3cc4c(cc31)C1CC4c3ccccc31)C1CC2c2cc3c(cc21)C1CC3c2ccccc21. The Bertz CT molecular complexity index is 2310. The number of carbonyl (C=O) groups is 2. The summed E-state index contributed by atoms with van der Waals surface area (Å²) in [5.41, 5.74) is 22.0. The molecule has 0 amide bonds. The largest absolute Gasteiger partial charge is 0.481 e. The Morgan fingerprint density at radius 3 is 0.982 bits per heavy atom. The molecular formula is C50H42O6. The van der Waals surface area contributed by atoms with E-state index in [4.69, 9.17) is 18.9 Å². The quantitative estimate of drug-likeness (QED) is 0.148. The molecule has 0 aromatic heterocycles. The minimum atomic E-state index is -0.357. The van der Waals surface area contributed by atoms with E-state index in [-0.39, 0.29) is 48.8 Å². The van der Waals surface area contributed by atoms with Gasteiger partial charge in [-0.1, -0.05) is 72.8 Å². The van der Waals surface area contributed by atoms with Crippen LogP contribution in [0.3, 0.4) is 0 Å². The molecule has 0 spiro atoms. The average molecular weight is 739 g/mol. The third-order valence-electron chi connectivity index (χ3n) is 15.2. The third kappa shape index (κ3) is 3.88. The summed E-state index contributed by atoms with van der Waals surface area (Å²) < 4.78 is 24.5. The van der Waals surface area contributed by atoms with Crippen LogP contribution in [0.2, 0.25) is 0 Å². The summed E-state index contributed by atoms with van der Waals surface area (Å²) in [6.45, 7) is 4.01. The molecule has 5 aromatic rings. The highest BCUT2D eigenvalue weighted by molar-refractivity contribution is 5.80. The molecule has 0 fully saturated rings. The van der Waals surface area contributed by atoms with Crippen LogP contribution in [0.4, 0.5) is 0 Å². The molecule has 0 aliphatic heterocycles. The van der Waals surface area contributed by atoms with Crippen LogP contribution in [-0.2, 0) is 19.1 Å². The first-order chi connectivity index (χ1) is 27.5. The molecule has 8 bridgehead atoms. The zero-order valence-corrected chi connectivity index (χ0v) is 31.7. The fraction of sp³-hybridized carbons (Fsp3) is 0.360. The number of ether oxygens (including phenoxy) is 4. The summed E-state index contributed by atoms with van der Waals surface area (Å²) in [6.07, 6.45) is 4.16. The second-order valence-corrected chi connectivity index (χ2v) is 17.3. The summed E-state index contributed by atoms with van der Waals surface area (Å²) in [5.74, 6) is 3.20. The van der Waals surface area contributed by atoms with Crippen molar-refractivity contribution >= 4 is 11.9 Å². The molecule has 6 nitrogen and oxygen atoms in total. The average Bonchev–Trinajstić information content (AvgIpc) is 4.10. The van der Waals surface area contributed by atoms with E-state index in [1.54, 1.807) is 0 Å². The van der Waals surface area contributed by atoms with Gasteiger partial charge in [0.15, 0.2) is 13.2 Å². The molecule has 0 saturated heterocycles. The van der Waals surface area contributed by atoms with E-state index in [1.165, 1.54) is 66.8 Å². The molecule has 8 aliphatic carbocycles. The molecule has 13 rings (SSSR count). The summed E-state index contributed by atoms with van der Waals surface area (Å²) in [4.78, 5) is 26.0. The number of benzene rings is 5. The van der Waals surface area contributed by atoms with E-state index in [2.05, 4.69) is 72.8 Å². The summed E-state index contributed by atoms with van der Waals surface area (Å²) in [6, 6.07) is 28.1. The lowest BCUT2D eigenvalue weighted by atomic mass is 9.74. The molecule has 8 unspecified atom stereocenters. The number of rotatable bonds is 8. The second kappa shape index (κ2) is 11.1. The Hall–Kier alpha value is -5.36. The Morgan fingerprint density at radius 2 is 0.696 bits per heavy atom. The maximum absolute atomic E-state index is 13.0. The van der Waals surface area contributed by atoms with Crippen LogP contribution < -0.4 is 9.47 Å². The maximum Gasteiger partial charge on any atom is 0.344 e. The van der Waals surface area contributed by atoms with Crippen molar-refractivity contribution in [1.29, 1.82) is 0 Å². The molecule has 0 N–H and O–H groups in total. The minimum absolute atomic E-state index is 0.114. The first-order valence-electron chi connectivity index (χ1n) is 20.8. The van der Waals surface area contributed by atoms with Crippen LogP contribution in [0.15, 0.2) is 72.8 Å². The fourth-order valence-electron chi connectivity index (χ4n) is 13.4. The maximum atomic E-state index is 13.0. The minimum Gasteiger partial charge on any atom is -0.481 e. The van der Waals surface area contributed by atoms with Crippen molar-refractivity contribution < 1.29 is 28.5 Å². The van der Waals surface area contributed by atoms with Gasteiger partial charge in [-0.3, -0.25) is 0 Å². The van der Waals surface area contributed by atoms with Crippen molar-refractivity contribution in [1.82, 2.24) is 0 Å². The Kier molecular flexibility index (Phi) is 6.33. The molecular weight excluding hydrogens is 697 g/mol. The van der Waals surface area contributed by atoms with Crippen LogP contribution >= 0.6 is 0 Å². The Morgan fingerprint density at radius 1 is 0.429 bits per heavy atom. The van der Waals surface area contributed by atoms with Crippen molar-refractivity contribution in [3.8, 4) is 11.5 Å². The lowest BCUT2D eigenvalue weighted by Gasteiger charge is -2.33. The van der Waals surface area contributed by atoms with Crippen molar-refractivity contribution in [2.45, 2.75) is 86.9 Å². The fourth-order valence-corrected chi connectivity index (χ4v) is 13.4. The van der Waals surface area contributed by atoms with Gasteiger partial charge in [0.2, 0.25) is 0 Å². The van der Waals surface area contributed by atoms with E-state index in [0.717, 1.165) is 59.4 Å². The van der Waals surface area contributed by atoms with Crippen molar-refractivity contribution in [2.75, 3.05) is 26.4 Å². The van der Waals surface area contributed by atoms with Gasteiger partial charge < -0.3 is 18.9 Å². The lowest BCUT2D eigenvalue weighted by Crippen LogP contribution is -2.22. The normalized spacial score (nSPS) is 26.9. The van der Waals surface area contributed by atoms with Gasteiger partial charge >= 0.3 is 11.9 Å². The van der Waals surface area contributed by atoms with Gasteiger partial charge in [0.25, 0.3) is 0 Å². The monoisotopic (exact) mass is 738 g/mol. The number of hydrogen-bond donors (Lipinski definition) is 0. The van der Waals surface area contributed by atoms with E-state index < -0.39 is 0 Å². The van der Waals surface area contributed by atoms with Crippen LogP contribution in [0.5, 0.6) is 11.5 Å². The van der Waals surface area contributed by atoms with E-state index in [9.17, 15) is 9.59 Å². The summed E-state index contributed by atoms with van der Waals surface area (Å²) in [5, 5.41) is 0. The van der Waals surface area contributed by atoms with Gasteiger partial charge in [0.1, 0.15) is 11.5 Å². The van der Waals surface area contributed by atoms with Gasteiger partial charge in [-0.05, 0) is 106 Å². The summed E-state index contributed by atoms with van der Waals surface area (Å²) >= 11 is 0. The van der Waals surface area contributed by atoms with Crippen LogP contribution in [0.25, 0.3) is 0 Å². The molecule has 8 atom stereocenters. The van der Waals surface area contributed by atoms with E-state index in [0.29, 0.717) is 36.9 Å². The lowest BCUT2D eigenvalue weighted by molar-refractivity contribution is -0.146. The Labute approximate surface area is 326 Å². The number of hydrogen-bond acceptors (Lipinski definition) is 6. The molecule has 56 heavy (non-hydrogen) atoms. The molecule has 8 aliphatic rings. The zero-order valence-electron chi connectivity index (χ0n) is 31.7. The van der Waals surface area contributed by atoms with E-state index >= 15 is 0 Å². The molecule has 5 aromatic carbocycles. The van der Waals surface area contributed by atoms with Crippen molar-refractivity contribution in [3.63, 3.8) is 0 Å². The Balaban J connectivity index is 0.995. The molecule has 6 heteroatoms. The van der Waals surface area contributed by atoms with Gasteiger partial charge in [0.05, 0.1) is 13.2 Å². The smallest absolute Gasteiger partial charge is 0.344 e. The van der Waals surface area contributed by atoms with Gasteiger partial charge in [-0.15, -0.1) is 0 Å². The number of carbonyl (C=O) groups excluding carboxylic acids is 2. The van der Waals surface area contributed by atoms with Crippen molar-refractivity contribution in [2.24, 2.45) is 0 Å². The molecule has 0 heterocycles. The van der Waals surface area contributed by atoms with Crippen LogP contribution in [0, 0.1) is 0 Å². The van der Waals surface area contributed by atoms with Gasteiger partial charge in [-0.2, -0.15) is 0 Å². The molecule has 0 radical (unpaired) electrons. The third-order valence-corrected chi connectivity index (χ3v) is 15.2. The van der Waals surface area contributed by atoms with Crippen molar-refractivity contribution in [3.05, 3.63) is 162 Å². The van der Waals surface area contributed by atoms with Crippen LogP contribution in [0.1, 0.15) is 176 Å². The molecule has 0 saturated carbocycles. The first-order valence-corrected chi connectivity index (χ1v) is 20.8. The molecule has 278 valence electrons. The first kappa shape index (κ1) is 31.8. The predicted octanol–water partition coefficient (Wildman–Crippen LogP) is 9.49. The number of fused-ring (bicyclic) bond motifs is 32. The second-order valence-electron chi connectivity index (χ2n) is 17.3. The predicted molar refractivity (Wildman–Crippen MR) is 210 cm³/mol. The van der Waals surface area contributed by atoms with Gasteiger partial charge in [0, 0.05) is 69.6 Å². The summed E-state index contributed by atoms with van der Waals surface area (Å²) in [7, 11) is 0. The van der Waals surface area contributed by atoms with E-state index in [1.807, 2.05) is 13.8 Å². The topological polar surface area (TPSA) is 71.1 Å². The highest BCUT2D eigenvalue weighted by atomic mass is 16.6. The highest BCUT2D eigenvalue weighted by Crippen LogP contribution is 2.71. The van der Waals surface area contributed by atoms with Gasteiger partial charge in [-0.25, -0.2) is 9.59 Å². The zero-order chi connectivity index (χ0) is 37.1. The highest BCUT2D eigenvalue weighted by Gasteiger charge is 2.55. The van der Waals surface area contributed by atoms with Crippen LogP contribution in [-0.4, -0.2) is 38.4 Å².